The van der Waals surface area contributed by atoms with Crippen LogP contribution in [0, 0.1) is 0 Å². The fraction of sp³-hybridized carbons (Fsp3) is 0.458. The first-order chi connectivity index (χ1) is 15.0. The van der Waals surface area contributed by atoms with E-state index in [1.807, 2.05) is 30.0 Å². The lowest BCUT2D eigenvalue weighted by molar-refractivity contribution is -0.123. The van der Waals surface area contributed by atoms with Crippen molar-refractivity contribution < 1.29 is 20.1 Å². The summed E-state index contributed by atoms with van der Waals surface area (Å²) in [6.45, 7) is 2.70. The molecule has 168 valence electrons. The van der Waals surface area contributed by atoms with E-state index in [0.29, 0.717) is 13.1 Å². The summed E-state index contributed by atoms with van der Waals surface area (Å²) in [5.41, 5.74) is 1.21. The lowest BCUT2D eigenvalue weighted by atomic mass is 10.1. The summed E-state index contributed by atoms with van der Waals surface area (Å²) in [5.74, 6) is -0.158. The molecule has 0 saturated carbocycles. The number of aliphatic hydroxyl groups excluding tert-OH is 3. The maximum absolute atomic E-state index is 12.1. The number of carbonyl (C=O) groups is 1. The zero-order valence-corrected chi connectivity index (χ0v) is 18.7. The molecule has 1 aliphatic rings. The number of rotatable bonds is 10. The number of nitrogens with zero attached hydrogens (tertiary/aromatic N) is 1. The zero-order valence-electron chi connectivity index (χ0n) is 17.9. The number of amides is 1. The number of hydrogen-bond donors (Lipinski definition) is 4. The molecule has 1 aliphatic heterocycles. The molecule has 1 saturated heterocycles. The molecule has 1 amide bonds. The van der Waals surface area contributed by atoms with Gasteiger partial charge in [-0.2, -0.15) is 0 Å². The van der Waals surface area contributed by atoms with Gasteiger partial charge in [0, 0.05) is 28.8 Å². The van der Waals surface area contributed by atoms with Crippen LogP contribution in [-0.4, -0.2) is 70.1 Å². The van der Waals surface area contributed by atoms with Crippen LogP contribution in [-0.2, 0) is 11.2 Å². The van der Waals surface area contributed by atoms with Gasteiger partial charge in [-0.25, -0.2) is 0 Å². The predicted molar refractivity (Wildman–Crippen MR) is 122 cm³/mol. The molecule has 4 N–H and O–H groups in total. The molecule has 0 aliphatic carbocycles. The van der Waals surface area contributed by atoms with E-state index in [9.17, 15) is 20.1 Å². The monoisotopic (exact) mass is 444 g/mol. The molecule has 0 unspecified atom stereocenters. The van der Waals surface area contributed by atoms with Crippen LogP contribution in [0.1, 0.15) is 25.3 Å². The molecule has 1 heterocycles. The fourth-order valence-electron chi connectivity index (χ4n) is 4.15. The van der Waals surface area contributed by atoms with Gasteiger partial charge in [-0.05, 0) is 56.1 Å². The van der Waals surface area contributed by atoms with Crippen molar-refractivity contribution in [1.82, 2.24) is 10.2 Å². The summed E-state index contributed by atoms with van der Waals surface area (Å²) in [7, 11) is 0. The Morgan fingerprint density at radius 3 is 2.29 bits per heavy atom. The lowest BCUT2D eigenvalue weighted by Crippen LogP contribution is -2.44. The van der Waals surface area contributed by atoms with E-state index in [-0.39, 0.29) is 18.9 Å². The van der Waals surface area contributed by atoms with Gasteiger partial charge in [0.25, 0.3) is 0 Å². The number of aliphatic hydroxyl groups is 3. The van der Waals surface area contributed by atoms with Gasteiger partial charge in [0.1, 0.15) is 0 Å². The van der Waals surface area contributed by atoms with E-state index in [2.05, 4.69) is 41.7 Å². The molecule has 6 nitrogen and oxygen atoms in total. The third kappa shape index (κ3) is 6.30. The van der Waals surface area contributed by atoms with Gasteiger partial charge in [-0.15, -0.1) is 0 Å². The predicted octanol–water partition coefficient (Wildman–Crippen LogP) is 2.06. The van der Waals surface area contributed by atoms with Crippen LogP contribution in [0.5, 0.6) is 0 Å². The number of aryl methyl sites for hydroxylation is 1. The minimum absolute atomic E-state index is 0.105. The molecular weight excluding hydrogens is 412 g/mol. The molecule has 2 aromatic carbocycles. The Bertz CT molecular complexity index is 818. The molecule has 2 aromatic rings. The van der Waals surface area contributed by atoms with Crippen molar-refractivity contribution in [2.75, 3.05) is 19.7 Å². The molecule has 3 rings (SSSR count). The van der Waals surface area contributed by atoms with Gasteiger partial charge in [0.2, 0.25) is 5.91 Å². The highest BCUT2D eigenvalue weighted by Crippen LogP contribution is 2.29. The Balaban J connectivity index is 1.56. The molecule has 31 heavy (non-hydrogen) atoms. The third-order valence-corrected chi connectivity index (χ3v) is 6.75. The Morgan fingerprint density at radius 1 is 1.00 bits per heavy atom. The Labute approximate surface area is 188 Å². The molecule has 1 fully saturated rings. The van der Waals surface area contributed by atoms with Crippen LogP contribution in [0.3, 0.4) is 0 Å². The molecule has 0 bridgehead atoms. The Morgan fingerprint density at radius 2 is 1.65 bits per heavy atom. The third-order valence-electron chi connectivity index (χ3n) is 5.73. The molecule has 0 radical (unpaired) electrons. The van der Waals surface area contributed by atoms with Gasteiger partial charge in [0.15, 0.2) is 0 Å². The van der Waals surface area contributed by atoms with Crippen molar-refractivity contribution in [3.63, 3.8) is 0 Å². The smallest absolute Gasteiger partial charge is 0.221 e. The second-order valence-corrected chi connectivity index (χ2v) is 9.00. The summed E-state index contributed by atoms with van der Waals surface area (Å²) in [6.07, 6.45) is -0.362. The molecule has 7 heteroatoms. The SMILES string of the molecule is CCNC(=O)C[C@@H]1[C@@H](O)[C@H](O)[C@@H](CO)N1CCCc1ccc(Sc2ccccc2)cc1. The molecule has 0 spiro atoms. The van der Waals surface area contributed by atoms with E-state index in [1.54, 1.807) is 11.8 Å². The number of benzene rings is 2. The first-order valence-electron chi connectivity index (χ1n) is 10.8. The number of likely N-dealkylation sites (tertiary alicyclic amines) is 1. The second-order valence-electron chi connectivity index (χ2n) is 7.86. The van der Waals surface area contributed by atoms with Gasteiger partial charge < -0.3 is 20.6 Å². The van der Waals surface area contributed by atoms with Gasteiger partial charge in [-0.3, -0.25) is 9.69 Å². The van der Waals surface area contributed by atoms with Crippen molar-refractivity contribution >= 4 is 17.7 Å². The zero-order chi connectivity index (χ0) is 22.2. The van der Waals surface area contributed by atoms with Gasteiger partial charge >= 0.3 is 0 Å². The largest absolute Gasteiger partial charge is 0.395 e. The maximum atomic E-state index is 12.1. The molecule has 4 atom stereocenters. The quantitative estimate of drug-likeness (QED) is 0.448. The number of carbonyl (C=O) groups excluding carboxylic acids is 1. The lowest BCUT2D eigenvalue weighted by Gasteiger charge is -2.29. The maximum Gasteiger partial charge on any atom is 0.221 e. The standard InChI is InChI=1S/C24H32N2O4S/c1-2-25-22(28)15-20-23(29)24(30)21(16-27)26(20)14-6-7-17-10-12-19(13-11-17)31-18-8-4-3-5-9-18/h3-5,8-13,20-21,23-24,27,29-30H,2,6-7,14-16H2,1H3,(H,25,28)/t20-,21-,23-,24-/m1/s1. The van der Waals surface area contributed by atoms with Crippen LogP contribution in [0.25, 0.3) is 0 Å². The minimum atomic E-state index is -1.06. The van der Waals surface area contributed by atoms with Crippen LogP contribution < -0.4 is 5.32 Å². The van der Waals surface area contributed by atoms with Gasteiger partial charge in [0.05, 0.1) is 24.9 Å². The van der Waals surface area contributed by atoms with E-state index < -0.39 is 24.3 Å². The highest BCUT2D eigenvalue weighted by Gasteiger charge is 2.47. The van der Waals surface area contributed by atoms with Crippen molar-refractivity contribution in [1.29, 1.82) is 0 Å². The van der Waals surface area contributed by atoms with Crippen LogP contribution in [0.15, 0.2) is 64.4 Å². The van der Waals surface area contributed by atoms with E-state index in [0.717, 1.165) is 12.8 Å². The number of hydrogen-bond acceptors (Lipinski definition) is 6. The Hall–Kier alpha value is -1.90. The van der Waals surface area contributed by atoms with Crippen LogP contribution in [0.4, 0.5) is 0 Å². The van der Waals surface area contributed by atoms with Crippen molar-refractivity contribution in [3.8, 4) is 0 Å². The molecule has 0 aromatic heterocycles. The summed E-state index contributed by atoms with van der Waals surface area (Å²) < 4.78 is 0. The highest BCUT2D eigenvalue weighted by molar-refractivity contribution is 7.99. The van der Waals surface area contributed by atoms with E-state index in [4.69, 9.17) is 0 Å². The van der Waals surface area contributed by atoms with E-state index >= 15 is 0 Å². The summed E-state index contributed by atoms with van der Waals surface area (Å²) >= 11 is 1.72. The fourth-order valence-corrected chi connectivity index (χ4v) is 4.99. The van der Waals surface area contributed by atoms with Crippen molar-refractivity contribution in [2.24, 2.45) is 0 Å². The normalized spacial score (nSPS) is 23.7. The van der Waals surface area contributed by atoms with Crippen LogP contribution >= 0.6 is 11.8 Å². The molecular formula is C24H32N2O4S. The average Bonchev–Trinajstić information content (AvgIpc) is 2.99. The average molecular weight is 445 g/mol. The number of nitrogens with one attached hydrogen (secondary N) is 1. The van der Waals surface area contributed by atoms with Crippen LogP contribution in [0.2, 0.25) is 0 Å². The minimum Gasteiger partial charge on any atom is -0.395 e. The Kier molecular flexibility index (Phi) is 8.92. The second kappa shape index (κ2) is 11.6. The first-order valence-corrected chi connectivity index (χ1v) is 11.7. The summed E-state index contributed by atoms with van der Waals surface area (Å²) in [5, 5.41) is 33.2. The summed E-state index contributed by atoms with van der Waals surface area (Å²) in [4.78, 5) is 16.3. The van der Waals surface area contributed by atoms with Crippen molar-refractivity contribution in [2.45, 2.75) is 60.3 Å². The topological polar surface area (TPSA) is 93.0 Å². The first kappa shape index (κ1) is 23.8. The highest BCUT2D eigenvalue weighted by atomic mass is 32.2. The van der Waals surface area contributed by atoms with E-state index in [1.165, 1.54) is 15.4 Å². The summed E-state index contributed by atoms with van der Waals surface area (Å²) in [6, 6.07) is 17.7. The van der Waals surface area contributed by atoms with Crippen molar-refractivity contribution in [3.05, 3.63) is 60.2 Å². The van der Waals surface area contributed by atoms with Gasteiger partial charge in [-0.1, -0.05) is 42.1 Å².